The number of hydrogen-bond acceptors (Lipinski definition) is 4. The predicted octanol–water partition coefficient (Wildman–Crippen LogP) is 2.91. The van der Waals surface area contributed by atoms with Gasteiger partial charge in [0.1, 0.15) is 18.2 Å². The van der Waals surface area contributed by atoms with Crippen LogP contribution in [0.3, 0.4) is 0 Å². The summed E-state index contributed by atoms with van der Waals surface area (Å²) in [5.41, 5.74) is 2.32. The van der Waals surface area contributed by atoms with Crippen molar-refractivity contribution in [1.29, 1.82) is 0 Å². The van der Waals surface area contributed by atoms with E-state index in [0.29, 0.717) is 12.3 Å². The van der Waals surface area contributed by atoms with Crippen molar-refractivity contribution in [3.63, 3.8) is 0 Å². The highest BCUT2D eigenvalue weighted by Gasteiger charge is 2.18. The van der Waals surface area contributed by atoms with Crippen LogP contribution < -0.4 is 9.46 Å². The SMILES string of the molecule is CN(CCOc1ccc(F)cc1)C(=O)CCNS(=O)(=O)c1ccc2c(c1)CCCC2. The van der Waals surface area contributed by atoms with Crippen molar-refractivity contribution in [2.24, 2.45) is 0 Å². The molecule has 6 nitrogen and oxygen atoms in total. The van der Waals surface area contributed by atoms with Crippen LogP contribution in [0.25, 0.3) is 0 Å². The molecule has 0 radical (unpaired) electrons. The van der Waals surface area contributed by atoms with Gasteiger partial charge in [0.15, 0.2) is 0 Å². The van der Waals surface area contributed by atoms with Gasteiger partial charge in [0.2, 0.25) is 15.9 Å². The Morgan fingerprint density at radius 2 is 1.80 bits per heavy atom. The quantitative estimate of drug-likeness (QED) is 0.659. The molecule has 0 aliphatic heterocycles. The topological polar surface area (TPSA) is 75.7 Å². The van der Waals surface area contributed by atoms with E-state index >= 15 is 0 Å². The number of carbonyl (C=O) groups is 1. The van der Waals surface area contributed by atoms with Gasteiger partial charge in [-0.05, 0) is 73.2 Å². The number of carbonyl (C=O) groups excluding carboxylic acids is 1. The lowest BCUT2D eigenvalue weighted by molar-refractivity contribution is -0.130. The summed E-state index contributed by atoms with van der Waals surface area (Å²) in [6.45, 7) is 0.629. The molecule has 30 heavy (non-hydrogen) atoms. The van der Waals surface area contributed by atoms with E-state index < -0.39 is 10.0 Å². The van der Waals surface area contributed by atoms with Crippen LogP contribution in [0.2, 0.25) is 0 Å². The molecule has 0 saturated carbocycles. The number of nitrogens with zero attached hydrogens (tertiary/aromatic N) is 1. The third-order valence-corrected chi connectivity index (χ3v) is 6.65. The predicted molar refractivity (Wildman–Crippen MR) is 112 cm³/mol. The van der Waals surface area contributed by atoms with Crippen LogP contribution in [0.4, 0.5) is 4.39 Å². The molecule has 0 aromatic heterocycles. The van der Waals surface area contributed by atoms with E-state index in [2.05, 4.69) is 4.72 Å². The summed E-state index contributed by atoms with van der Waals surface area (Å²) < 4.78 is 45.9. The van der Waals surface area contributed by atoms with Gasteiger partial charge in [-0.15, -0.1) is 0 Å². The van der Waals surface area contributed by atoms with Crippen molar-refractivity contribution in [2.75, 3.05) is 26.7 Å². The fraction of sp³-hybridized carbons (Fsp3) is 0.409. The molecule has 2 aromatic rings. The maximum atomic E-state index is 12.9. The first-order valence-corrected chi connectivity index (χ1v) is 11.6. The maximum Gasteiger partial charge on any atom is 0.240 e. The highest BCUT2D eigenvalue weighted by molar-refractivity contribution is 7.89. The van der Waals surface area contributed by atoms with E-state index in [1.165, 1.54) is 34.7 Å². The number of sulfonamides is 1. The molecule has 1 aliphatic rings. The zero-order valence-electron chi connectivity index (χ0n) is 17.1. The van der Waals surface area contributed by atoms with Gasteiger partial charge in [-0.2, -0.15) is 0 Å². The van der Waals surface area contributed by atoms with E-state index in [-0.39, 0.29) is 36.2 Å². The lowest BCUT2D eigenvalue weighted by Gasteiger charge is -2.18. The first kappa shape index (κ1) is 22.2. The van der Waals surface area contributed by atoms with Gasteiger partial charge in [-0.25, -0.2) is 17.5 Å². The van der Waals surface area contributed by atoms with E-state index in [9.17, 15) is 17.6 Å². The smallest absolute Gasteiger partial charge is 0.240 e. The summed E-state index contributed by atoms with van der Waals surface area (Å²) >= 11 is 0. The number of ether oxygens (including phenoxy) is 1. The molecule has 162 valence electrons. The summed E-state index contributed by atoms with van der Waals surface area (Å²) in [5, 5.41) is 0. The van der Waals surface area contributed by atoms with Crippen LogP contribution in [-0.2, 0) is 27.7 Å². The van der Waals surface area contributed by atoms with Gasteiger partial charge in [-0.3, -0.25) is 4.79 Å². The molecule has 0 atom stereocenters. The standard InChI is InChI=1S/C22H27FN2O4S/c1-25(14-15-29-20-9-7-19(23)8-10-20)22(26)12-13-24-30(27,28)21-11-6-17-4-2-3-5-18(17)16-21/h6-11,16,24H,2-5,12-15H2,1H3. The van der Waals surface area contributed by atoms with E-state index in [1.807, 2.05) is 6.07 Å². The Morgan fingerprint density at radius 1 is 1.10 bits per heavy atom. The van der Waals surface area contributed by atoms with Gasteiger partial charge in [0.05, 0.1) is 11.4 Å². The van der Waals surface area contributed by atoms with Crippen molar-refractivity contribution < 1.29 is 22.3 Å². The fourth-order valence-electron chi connectivity index (χ4n) is 3.40. The minimum Gasteiger partial charge on any atom is -0.492 e. The minimum absolute atomic E-state index is 0.0292. The molecule has 0 fully saturated rings. The number of likely N-dealkylation sites (N-methyl/N-ethyl adjacent to an activating group) is 1. The number of hydrogen-bond donors (Lipinski definition) is 1. The second kappa shape index (κ2) is 10.0. The summed E-state index contributed by atoms with van der Waals surface area (Å²) in [5.74, 6) is -0.00612. The minimum atomic E-state index is -3.65. The Morgan fingerprint density at radius 3 is 2.53 bits per heavy atom. The van der Waals surface area contributed by atoms with Gasteiger partial charge in [-0.1, -0.05) is 6.07 Å². The van der Waals surface area contributed by atoms with Gasteiger partial charge in [0.25, 0.3) is 0 Å². The summed E-state index contributed by atoms with van der Waals surface area (Å²) in [6.07, 6.45) is 4.17. The average Bonchev–Trinajstić information content (AvgIpc) is 2.74. The molecule has 1 aliphatic carbocycles. The normalized spacial score (nSPS) is 13.5. The molecule has 8 heteroatoms. The maximum absolute atomic E-state index is 12.9. The Labute approximate surface area is 177 Å². The number of halogens is 1. The Kier molecular flexibility index (Phi) is 7.44. The van der Waals surface area contributed by atoms with E-state index in [1.54, 1.807) is 19.2 Å². The third-order valence-electron chi connectivity index (χ3n) is 5.20. The lowest BCUT2D eigenvalue weighted by atomic mass is 9.92. The third kappa shape index (κ3) is 6.03. The summed E-state index contributed by atoms with van der Waals surface area (Å²) in [6, 6.07) is 10.9. The van der Waals surface area contributed by atoms with Gasteiger partial charge >= 0.3 is 0 Å². The number of benzene rings is 2. The molecule has 0 spiro atoms. The van der Waals surface area contributed by atoms with Crippen LogP contribution in [0.1, 0.15) is 30.4 Å². The first-order valence-electron chi connectivity index (χ1n) is 10.1. The molecule has 2 aromatic carbocycles. The number of rotatable bonds is 9. The van der Waals surface area contributed by atoms with Gasteiger partial charge < -0.3 is 9.64 Å². The van der Waals surface area contributed by atoms with Crippen LogP contribution >= 0.6 is 0 Å². The zero-order chi connectivity index (χ0) is 21.6. The molecule has 0 saturated heterocycles. The van der Waals surface area contributed by atoms with Crippen LogP contribution in [-0.4, -0.2) is 46.0 Å². The fourth-order valence-corrected chi connectivity index (χ4v) is 4.48. The molecular formula is C22H27FN2O4S. The number of amides is 1. The Hall–Kier alpha value is -2.45. The second-order valence-electron chi connectivity index (χ2n) is 7.40. The molecule has 1 amide bonds. The van der Waals surface area contributed by atoms with Crippen molar-refractivity contribution >= 4 is 15.9 Å². The van der Waals surface area contributed by atoms with Gasteiger partial charge in [0, 0.05) is 20.0 Å². The molecule has 0 bridgehead atoms. The first-order chi connectivity index (χ1) is 14.3. The zero-order valence-corrected chi connectivity index (χ0v) is 17.9. The number of fused-ring (bicyclic) bond motifs is 1. The highest BCUT2D eigenvalue weighted by Crippen LogP contribution is 2.24. The van der Waals surface area contributed by atoms with Crippen LogP contribution in [0.5, 0.6) is 5.75 Å². The van der Waals surface area contributed by atoms with Crippen LogP contribution in [0, 0.1) is 5.82 Å². The molecule has 0 heterocycles. The monoisotopic (exact) mass is 434 g/mol. The number of aryl methyl sites for hydroxylation is 2. The van der Waals surface area contributed by atoms with Crippen molar-refractivity contribution in [2.45, 2.75) is 37.0 Å². The Balaban J connectivity index is 1.43. The molecule has 3 rings (SSSR count). The van der Waals surface area contributed by atoms with Crippen molar-refractivity contribution in [3.05, 3.63) is 59.4 Å². The molecule has 1 N–H and O–H groups in total. The lowest BCUT2D eigenvalue weighted by Crippen LogP contribution is -2.34. The summed E-state index contributed by atoms with van der Waals surface area (Å²) in [7, 11) is -2.01. The highest BCUT2D eigenvalue weighted by atomic mass is 32.2. The number of nitrogens with one attached hydrogen (secondary N) is 1. The largest absolute Gasteiger partial charge is 0.492 e. The Bertz CT molecular complexity index is 977. The average molecular weight is 435 g/mol. The van der Waals surface area contributed by atoms with E-state index in [4.69, 9.17) is 4.74 Å². The second-order valence-corrected chi connectivity index (χ2v) is 9.17. The molecule has 0 unspecified atom stereocenters. The van der Waals surface area contributed by atoms with Crippen molar-refractivity contribution in [3.8, 4) is 5.75 Å². The molecular weight excluding hydrogens is 407 g/mol. The summed E-state index contributed by atoms with van der Waals surface area (Å²) in [4.78, 5) is 14.0. The van der Waals surface area contributed by atoms with E-state index in [0.717, 1.165) is 31.2 Å². The van der Waals surface area contributed by atoms with Crippen molar-refractivity contribution in [1.82, 2.24) is 9.62 Å². The van der Waals surface area contributed by atoms with Crippen LogP contribution in [0.15, 0.2) is 47.4 Å².